The lowest BCUT2D eigenvalue weighted by Crippen LogP contribution is -2.18. The van der Waals surface area contributed by atoms with Crippen molar-refractivity contribution < 1.29 is 18.0 Å². The quantitative estimate of drug-likeness (QED) is 0.369. The third-order valence-corrected chi connectivity index (χ3v) is 5.52. The van der Waals surface area contributed by atoms with Crippen LogP contribution in [0.4, 0.5) is 18.9 Å². The fourth-order valence-electron chi connectivity index (χ4n) is 2.84. The number of thioether (sulfide) groups is 1. The molecule has 1 aliphatic carbocycles. The molecule has 0 N–H and O–H groups in total. The summed E-state index contributed by atoms with van der Waals surface area (Å²) >= 11 is 0.973. The minimum Gasteiger partial charge on any atom is -0.297 e. The van der Waals surface area contributed by atoms with E-state index in [1.807, 2.05) is 0 Å². The van der Waals surface area contributed by atoms with E-state index in [-0.39, 0.29) is 17.4 Å². The average molecular weight is 357 g/mol. The Kier molecular flexibility index (Phi) is 6.49. The molecule has 0 atom stereocenters. The molecule has 1 aliphatic rings. The molecule has 0 aliphatic heterocycles. The van der Waals surface area contributed by atoms with Gasteiger partial charge in [-0.2, -0.15) is 0 Å². The molecule has 0 spiro atoms. The van der Waals surface area contributed by atoms with E-state index in [0.29, 0.717) is 22.5 Å². The number of carbonyl (C=O) groups excluding carboxylic acids is 1. The van der Waals surface area contributed by atoms with E-state index in [1.54, 1.807) is 6.92 Å². The molecule has 0 radical (unpaired) electrons. The summed E-state index contributed by atoms with van der Waals surface area (Å²) in [5, 5.41) is 0. The van der Waals surface area contributed by atoms with Gasteiger partial charge in [-0.1, -0.05) is 19.3 Å². The van der Waals surface area contributed by atoms with Gasteiger partial charge in [0.1, 0.15) is 11.5 Å². The number of hydrogen-bond donors (Lipinski definition) is 0. The van der Waals surface area contributed by atoms with Crippen molar-refractivity contribution in [3.8, 4) is 0 Å². The van der Waals surface area contributed by atoms with Gasteiger partial charge in [-0.3, -0.25) is 4.79 Å². The molecule has 1 fully saturated rings. The molecule has 0 heterocycles. The fourth-order valence-corrected chi connectivity index (χ4v) is 3.73. The van der Waals surface area contributed by atoms with E-state index in [4.69, 9.17) is 0 Å². The number of carbonyl (C=O) groups is 1. The van der Waals surface area contributed by atoms with Crippen molar-refractivity contribution in [2.75, 3.05) is 5.75 Å². The van der Waals surface area contributed by atoms with Crippen LogP contribution in [0, 0.1) is 18.7 Å². The van der Waals surface area contributed by atoms with Gasteiger partial charge >= 0.3 is 0 Å². The highest BCUT2D eigenvalue weighted by Gasteiger charge is 2.23. The summed E-state index contributed by atoms with van der Waals surface area (Å²) in [5.41, 5.74) is 0.996. The minimum absolute atomic E-state index is 0.0511. The number of halogens is 3. The molecule has 0 bridgehead atoms. The summed E-state index contributed by atoms with van der Waals surface area (Å²) < 4.78 is 40.3. The Morgan fingerprint density at radius 1 is 1.33 bits per heavy atom. The summed E-state index contributed by atoms with van der Waals surface area (Å²) in [6, 6.07) is 2.76. The smallest absolute Gasteiger partial charge is 0.254 e. The maximum atomic E-state index is 14.2. The zero-order valence-corrected chi connectivity index (χ0v) is 14.8. The van der Waals surface area contributed by atoms with E-state index in [2.05, 4.69) is 4.99 Å². The van der Waals surface area contributed by atoms with E-state index in [0.717, 1.165) is 50.8 Å². The van der Waals surface area contributed by atoms with Gasteiger partial charge in [0.15, 0.2) is 6.29 Å². The number of hydrogen-bond acceptors (Lipinski definition) is 3. The molecule has 1 aromatic rings. The zero-order chi connectivity index (χ0) is 17.7. The largest absolute Gasteiger partial charge is 0.297 e. The van der Waals surface area contributed by atoms with Crippen molar-refractivity contribution in [3.05, 3.63) is 23.5 Å². The first-order valence-electron chi connectivity index (χ1n) is 8.14. The number of aryl methyl sites for hydroxylation is 1. The first-order valence-corrected chi connectivity index (χ1v) is 9.13. The molecule has 1 saturated carbocycles. The minimum atomic E-state index is -2.80. The highest BCUT2D eigenvalue weighted by atomic mass is 32.2. The summed E-state index contributed by atoms with van der Waals surface area (Å²) in [7, 11) is 0. The van der Waals surface area contributed by atoms with Crippen molar-refractivity contribution in [1.29, 1.82) is 0 Å². The van der Waals surface area contributed by atoms with Gasteiger partial charge in [0, 0.05) is 17.7 Å². The Labute approximate surface area is 144 Å². The third kappa shape index (κ3) is 5.36. The molecule has 0 saturated heterocycles. The lowest BCUT2D eigenvalue weighted by atomic mass is 9.86. The number of benzene rings is 1. The van der Waals surface area contributed by atoms with Gasteiger partial charge in [0.05, 0.1) is 11.5 Å². The molecule has 0 aromatic heterocycles. The monoisotopic (exact) mass is 357 g/mol. The van der Waals surface area contributed by atoms with Gasteiger partial charge in [0.25, 0.3) is 5.92 Å². The summed E-state index contributed by atoms with van der Waals surface area (Å²) in [6.07, 6.45) is 5.69. The molecule has 2 nitrogen and oxygen atoms in total. The van der Waals surface area contributed by atoms with Crippen LogP contribution in [0.5, 0.6) is 0 Å². The Morgan fingerprint density at radius 2 is 2.00 bits per heavy atom. The molecule has 0 unspecified atom stereocenters. The molecule has 1 aromatic carbocycles. The first kappa shape index (κ1) is 19.0. The lowest BCUT2D eigenvalue weighted by molar-refractivity contribution is -0.103. The third-order valence-electron chi connectivity index (χ3n) is 4.12. The van der Waals surface area contributed by atoms with Crippen LogP contribution in [0.2, 0.25) is 0 Å². The molecule has 0 amide bonds. The van der Waals surface area contributed by atoms with E-state index in [1.165, 1.54) is 12.1 Å². The van der Waals surface area contributed by atoms with Crippen molar-refractivity contribution in [2.24, 2.45) is 10.9 Å². The second-order valence-corrected chi connectivity index (χ2v) is 7.43. The summed E-state index contributed by atoms with van der Waals surface area (Å²) in [6.45, 7) is 2.53. The van der Waals surface area contributed by atoms with Gasteiger partial charge in [-0.25, -0.2) is 18.2 Å². The Bertz CT molecular complexity index is 619. The number of aldehydes is 1. The molecule has 6 heteroatoms. The number of aliphatic imine (C=N–C) groups is 1. The topological polar surface area (TPSA) is 29.4 Å². The van der Waals surface area contributed by atoms with Crippen molar-refractivity contribution in [1.82, 2.24) is 0 Å². The van der Waals surface area contributed by atoms with Gasteiger partial charge in [-0.05, 0) is 37.5 Å². The summed E-state index contributed by atoms with van der Waals surface area (Å²) in [4.78, 5) is 16.2. The van der Waals surface area contributed by atoms with E-state index >= 15 is 0 Å². The SMILES string of the molecule is Cc1cc(F)c(N=C(C=O)C2CCCCC2)cc1SCC(C)(F)F. The standard InChI is InChI=1S/C18H22F3NOS/c1-12-8-14(19)15(9-17(12)24-11-18(2,20)21)22-16(10-23)13-6-4-3-5-7-13/h8-10,13H,3-7,11H2,1-2H3. The van der Waals surface area contributed by atoms with Crippen molar-refractivity contribution >= 4 is 29.4 Å². The fraction of sp³-hybridized carbons (Fsp3) is 0.556. The number of nitrogens with zero attached hydrogens (tertiary/aromatic N) is 1. The van der Waals surface area contributed by atoms with Crippen LogP contribution in [-0.2, 0) is 4.79 Å². The van der Waals surface area contributed by atoms with Crippen molar-refractivity contribution in [2.45, 2.75) is 56.8 Å². The molecule has 132 valence electrons. The van der Waals surface area contributed by atoms with Gasteiger partial charge in [0.2, 0.25) is 0 Å². The maximum Gasteiger partial charge on any atom is 0.254 e. The molecule has 2 rings (SSSR count). The van der Waals surface area contributed by atoms with E-state index in [9.17, 15) is 18.0 Å². The normalized spacial score (nSPS) is 17.1. The Hall–Kier alpha value is -1.30. The summed E-state index contributed by atoms with van der Waals surface area (Å²) in [5.74, 6) is -3.65. The van der Waals surface area contributed by atoms with Gasteiger partial charge < -0.3 is 0 Å². The molecule has 24 heavy (non-hydrogen) atoms. The van der Waals surface area contributed by atoms with E-state index < -0.39 is 11.7 Å². The van der Waals surface area contributed by atoms with Crippen LogP contribution in [0.3, 0.4) is 0 Å². The average Bonchev–Trinajstić information content (AvgIpc) is 2.53. The van der Waals surface area contributed by atoms with Crippen LogP contribution in [0.1, 0.15) is 44.6 Å². The van der Waals surface area contributed by atoms with Crippen molar-refractivity contribution in [3.63, 3.8) is 0 Å². The zero-order valence-electron chi connectivity index (χ0n) is 13.9. The van der Waals surface area contributed by atoms with Crippen LogP contribution < -0.4 is 0 Å². The van der Waals surface area contributed by atoms with Gasteiger partial charge in [-0.15, -0.1) is 11.8 Å². The van der Waals surface area contributed by atoms with Crippen LogP contribution >= 0.6 is 11.8 Å². The Morgan fingerprint density at radius 3 is 2.58 bits per heavy atom. The number of alkyl halides is 2. The van der Waals surface area contributed by atoms with Crippen LogP contribution in [-0.4, -0.2) is 23.7 Å². The number of rotatable bonds is 6. The van der Waals surface area contributed by atoms with Crippen LogP contribution in [0.25, 0.3) is 0 Å². The first-order chi connectivity index (χ1) is 11.3. The predicted molar refractivity (Wildman–Crippen MR) is 92.2 cm³/mol. The predicted octanol–water partition coefficient (Wildman–Crippen LogP) is 5.73. The highest BCUT2D eigenvalue weighted by molar-refractivity contribution is 7.99. The highest BCUT2D eigenvalue weighted by Crippen LogP contribution is 2.34. The maximum absolute atomic E-state index is 14.2. The Balaban J connectivity index is 2.27. The van der Waals surface area contributed by atoms with Crippen LogP contribution in [0.15, 0.2) is 22.0 Å². The second-order valence-electron chi connectivity index (χ2n) is 6.42. The second kappa shape index (κ2) is 8.19. The molecular weight excluding hydrogens is 335 g/mol. The molecular formula is C18H22F3NOS. The lowest BCUT2D eigenvalue weighted by Gasteiger charge is -2.20.